The summed E-state index contributed by atoms with van der Waals surface area (Å²) in [5.41, 5.74) is 0.662. The first-order valence-corrected chi connectivity index (χ1v) is 6.68. The number of carboxylic acids is 1. The summed E-state index contributed by atoms with van der Waals surface area (Å²) in [5.74, 6) is -0.841. The number of carboxylic acid groups (broad SMARTS) is 1. The maximum Gasteiger partial charge on any atom is 0.325 e. The van der Waals surface area contributed by atoms with Crippen molar-refractivity contribution >= 4 is 33.5 Å². The van der Waals surface area contributed by atoms with Crippen LogP contribution in [0.15, 0.2) is 22.7 Å². The zero-order valence-electron chi connectivity index (χ0n) is 9.20. The number of rotatable bonds is 3. The molecule has 1 fully saturated rings. The first kappa shape index (κ1) is 12.9. The van der Waals surface area contributed by atoms with Crippen molar-refractivity contribution in [3.63, 3.8) is 0 Å². The van der Waals surface area contributed by atoms with Crippen molar-refractivity contribution in [3.8, 4) is 0 Å². The van der Waals surface area contributed by atoms with Crippen LogP contribution in [-0.4, -0.2) is 29.1 Å². The van der Waals surface area contributed by atoms with Crippen LogP contribution in [0.4, 0.5) is 0 Å². The Morgan fingerprint density at radius 3 is 2.65 bits per heavy atom. The predicted octanol–water partition coefficient (Wildman–Crippen LogP) is 3.32. The summed E-state index contributed by atoms with van der Waals surface area (Å²) >= 11 is 9.45. The standard InChI is InChI=1S/C12H13BrClNO2/c13-8-3-4-10(14)9(7-8)11(12(16)17)15-5-1-2-6-15/h3-4,7,11H,1-2,5-6H2,(H,16,17). The van der Waals surface area contributed by atoms with E-state index >= 15 is 0 Å². The third kappa shape index (κ3) is 2.81. The van der Waals surface area contributed by atoms with Gasteiger partial charge in [-0.15, -0.1) is 0 Å². The molecule has 1 aromatic carbocycles. The van der Waals surface area contributed by atoms with Crippen molar-refractivity contribution in [1.29, 1.82) is 0 Å². The number of hydrogen-bond acceptors (Lipinski definition) is 2. The summed E-state index contributed by atoms with van der Waals surface area (Å²) < 4.78 is 0.849. The van der Waals surface area contributed by atoms with Gasteiger partial charge in [0.05, 0.1) is 0 Å². The SMILES string of the molecule is O=C(O)C(c1cc(Br)ccc1Cl)N1CCCC1. The number of nitrogens with zero attached hydrogens (tertiary/aromatic N) is 1. The zero-order valence-corrected chi connectivity index (χ0v) is 11.5. The quantitative estimate of drug-likeness (QED) is 0.929. The van der Waals surface area contributed by atoms with Gasteiger partial charge in [0.1, 0.15) is 6.04 Å². The van der Waals surface area contributed by atoms with Crippen LogP contribution in [0, 0.1) is 0 Å². The predicted molar refractivity (Wildman–Crippen MR) is 70.3 cm³/mol. The van der Waals surface area contributed by atoms with Crippen LogP contribution in [0.3, 0.4) is 0 Å². The first-order valence-electron chi connectivity index (χ1n) is 5.51. The van der Waals surface area contributed by atoms with Gasteiger partial charge in [-0.3, -0.25) is 9.69 Å². The van der Waals surface area contributed by atoms with Gasteiger partial charge in [0.25, 0.3) is 0 Å². The van der Waals surface area contributed by atoms with E-state index in [1.165, 1.54) is 0 Å². The number of halogens is 2. The molecule has 1 atom stereocenters. The highest BCUT2D eigenvalue weighted by Crippen LogP contribution is 2.32. The summed E-state index contributed by atoms with van der Waals surface area (Å²) in [6.45, 7) is 1.64. The summed E-state index contributed by atoms with van der Waals surface area (Å²) in [7, 11) is 0. The lowest BCUT2D eigenvalue weighted by Crippen LogP contribution is -2.31. The molecular formula is C12H13BrClNO2. The van der Waals surface area contributed by atoms with Crippen molar-refractivity contribution in [2.45, 2.75) is 18.9 Å². The minimum Gasteiger partial charge on any atom is -0.480 e. The maximum atomic E-state index is 11.4. The molecule has 5 heteroatoms. The fraction of sp³-hybridized carbons (Fsp3) is 0.417. The number of benzene rings is 1. The van der Waals surface area contributed by atoms with Gasteiger partial charge < -0.3 is 5.11 Å². The molecule has 17 heavy (non-hydrogen) atoms. The number of aliphatic carboxylic acids is 1. The minimum atomic E-state index is -0.841. The molecule has 1 aliphatic heterocycles. The van der Waals surface area contributed by atoms with Crippen molar-refractivity contribution in [2.75, 3.05) is 13.1 Å². The third-order valence-corrected chi connectivity index (χ3v) is 3.83. The average molecular weight is 319 g/mol. The summed E-state index contributed by atoms with van der Waals surface area (Å²) in [5, 5.41) is 9.89. The van der Waals surface area contributed by atoms with Crippen LogP contribution < -0.4 is 0 Å². The molecule has 0 aromatic heterocycles. The van der Waals surface area contributed by atoms with E-state index in [1.54, 1.807) is 12.1 Å². The number of likely N-dealkylation sites (tertiary alicyclic amines) is 1. The summed E-state index contributed by atoms with van der Waals surface area (Å²) in [4.78, 5) is 13.4. The van der Waals surface area contributed by atoms with Gasteiger partial charge in [0, 0.05) is 15.1 Å². The molecule has 92 valence electrons. The first-order chi connectivity index (χ1) is 8.09. The lowest BCUT2D eigenvalue weighted by molar-refractivity contribution is -0.143. The molecule has 0 radical (unpaired) electrons. The highest BCUT2D eigenvalue weighted by Gasteiger charge is 2.31. The van der Waals surface area contributed by atoms with E-state index in [9.17, 15) is 9.90 Å². The Morgan fingerprint density at radius 2 is 2.06 bits per heavy atom. The Bertz CT molecular complexity index is 433. The molecule has 1 heterocycles. The van der Waals surface area contributed by atoms with Gasteiger partial charge in [-0.05, 0) is 44.1 Å². The van der Waals surface area contributed by atoms with Gasteiger partial charge in [0.2, 0.25) is 0 Å². The molecule has 0 amide bonds. The van der Waals surface area contributed by atoms with E-state index in [-0.39, 0.29) is 0 Å². The topological polar surface area (TPSA) is 40.5 Å². The van der Waals surface area contributed by atoms with Crippen molar-refractivity contribution in [3.05, 3.63) is 33.3 Å². The van der Waals surface area contributed by atoms with Crippen molar-refractivity contribution < 1.29 is 9.90 Å². The molecular weight excluding hydrogens is 305 g/mol. The van der Waals surface area contributed by atoms with E-state index in [0.717, 1.165) is 30.4 Å². The molecule has 1 unspecified atom stereocenters. The van der Waals surface area contributed by atoms with E-state index < -0.39 is 12.0 Å². The molecule has 0 aliphatic carbocycles. The highest BCUT2D eigenvalue weighted by atomic mass is 79.9. The van der Waals surface area contributed by atoms with Gasteiger partial charge in [-0.1, -0.05) is 27.5 Å². The van der Waals surface area contributed by atoms with Gasteiger partial charge in [-0.2, -0.15) is 0 Å². The largest absolute Gasteiger partial charge is 0.480 e. The molecule has 1 N–H and O–H groups in total. The second-order valence-electron chi connectivity index (χ2n) is 4.15. The minimum absolute atomic E-state index is 0.507. The van der Waals surface area contributed by atoms with E-state index in [4.69, 9.17) is 11.6 Å². The van der Waals surface area contributed by atoms with Crippen LogP contribution in [0.5, 0.6) is 0 Å². The van der Waals surface area contributed by atoms with Crippen molar-refractivity contribution in [1.82, 2.24) is 4.90 Å². The monoisotopic (exact) mass is 317 g/mol. The van der Waals surface area contributed by atoms with Crippen LogP contribution in [0.1, 0.15) is 24.4 Å². The van der Waals surface area contributed by atoms with Crippen LogP contribution in [0.25, 0.3) is 0 Å². The molecule has 0 spiro atoms. The molecule has 2 rings (SSSR count). The molecule has 3 nitrogen and oxygen atoms in total. The smallest absolute Gasteiger partial charge is 0.325 e. The van der Waals surface area contributed by atoms with E-state index in [2.05, 4.69) is 15.9 Å². The zero-order chi connectivity index (χ0) is 12.4. The van der Waals surface area contributed by atoms with Crippen LogP contribution in [-0.2, 0) is 4.79 Å². The maximum absolute atomic E-state index is 11.4. The third-order valence-electron chi connectivity index (χ3n) is 2.99. The van der Waals surface area contributed by atoms with E-state index in [1.807, 2.05) is 11.0 Å². The van der Waals surface area contributed by atoms with E-state index in [0.29, 0.717) is 10.6 Å². The van der Waals surface area contributed by atoms with Gasteiger partial charge in [0.15, 0.2) is 0 Å². The fourth-order valence-electron chi connectivity index (χ4n) is 2.21. The Labute approximate surface area is 114 Å². The Hall–Kier alpha value is -0.580. The number of carbonyl (C=O) groups is 1. The molecule has 0 saturated carbocycles. The second-order valence-corrected chi connectivity index (χ2v) is 5.47. The average Bonchev–Trinajstić information content (AvgIpc) is 2.76. The Balaban J connectivity index is 2.37. The second kappa shape index (κ2) is 5.38. The van der Waals surface area contributed by atoms with Crippen LogP contribution >= 0.6 is 27.5 Å². The molecule has 0 bridgehead atoms. The summed E-state index contributed by atoms with van der Waals surface area (Å²) in [6, 6.07) is 4.70. The van der Waals surface area contributed by atoms with Crippen molar-refractivity contribution in [2.24, 2.45) is 0 Å². The lowest BCUT2D eigenvalue weighted by atomic mass is 10.1. The molecule has 1 aliphatic rings. The summed E-state index contributed by atoms with van der Waals surface area (Å²) in [6.07, 6.45) is 2.10. The molecule has 1 saturated heterocycles. The number of hydrogen-bond donors (Lipinski definition) is 1. The van der Waals surface area contributed by atoms with Crippen LogP contribution in [0.2, 0.25) is 5.02 Å². The lowest BCUT2D eigenvalue weighted by Gasteiger charge is -2.24. The Kier molecular flexibility index (Phi) is 4.07. The van der Waals surface area contributed by atoms with Gasteiger partial charge in [-0.25, -0.2) is 0 Å². The fourth-order valence-corrected chi connectivity index (χ4v) is 2.81. The Morgan fingerprint density at radius 1 is 1.41 bits per heavy atom. The van der Waals surface area contributed by atoms with Gasteiger partial charge >= 0.3 is 5.97 Å². The normalized spacial score (nSPS) is 18.2. The molecule has 1 aromatic rings. The highest BCUT2D eigenvalue weighted by molar-refractivity contribution is 9.10.